The van der Waals surface area contributed by atoms with Gasteiger partial charge in [-0.15, -0.1) is 0 Å². The Balaban J connectivity index is 2.29. The maximum absolute atomic E-state index is 9.37. The van der Waals surface area contributed by atoms with Crippen LogP contribution < -0.4 is 0 Å². The first kappa shape index (κ1) is 11.6. The number of hydrogen-bond donors (Lipinski definition) is 1. The van der Waals surface area contributed by atoms with Gasteiger partial charge in [0.25, 0.3) is 5.89 Å². The van der Waals surface area contributed by atoms with E-state index in [1.165, 1.54) is 0 Å². The van der Waals surface area contributed by atoms with Gasteiger partial charge in [-0.05, 0) is 24.6 Å². The topological polar surface area (TPSA) is 68.4 Å². The average molecular weight is 234 g/mol. The molecule has 90 valence electrons. The molecule has 2 rings (SSSR count). The molecule has 1 N–H and O–H groups in total. The molecular formula is C12H14N2O3. The number of phenolic OH excluding ortho intramolecular Hbond substituents is 1. The van der Waals surface area contributed by atoms with E-state index in [0.717, 1.165) is 6.42 Å². The summed E-state index contributed by atoms with van der Waals surface area (Å²) in [7, 11) is 1.61. The molecule has 1 atom stereocenters. The second-order valence-electron chi connectivity index (χ2n) is 3.64. The summed E-state index contributed by atoms with van der Waals surface area (Å²) in [4.78, 5) is 4.25. The smallest absolute Gasteiger partial charge is 0.258 e. The third-order valence-corrected chi connectivity index (χ3v) is 2.48. The van der Waals surface area contributed by atoms with Crippen LogP contribution in [0.25, 0.3) is 11.5 Å². The van der Waals surface area contributed by atoms with Gasteiger partial charge in [0.05, 0.1) is 0 Å². The van der Waals surface area contributed by atoms with E-state index < -0.39 is 0 Å². The van der Waals surface area contributed by atoms with E-state index in [2.05, 4.69) is 10.1 Å². The van der Waals surface area contributed by atoms with Crippen LogP contribution in [0.4, 0.5) is 0 Å². The molecule has 1 aromatic carbocycles. The third kappa shape index (κ3) is 2.45. The second-order valence-corrected chi connectivity index (χ2v) is 3.64. The van der Waals surface area contributed by atoms with Crippen LogP contribution in [0, 0.1) is 0 Å². The van der Waals surface area contributed by atoms with Crippen LogP contribution in [0.15, 0.2) is 28.8 Å². The standard InChI is InChI=1S/C12H14N2O3/c1-3-10(16-2)11-13-12(17-14-11)8-5-4-6-9(15)7-8/h4-7,10,15H,3H2,1-2H3. The van der Waals surface area contributed by atoms with Crippen LogP contribution in [-0.2, 0) is 4.74 Å². The highest BCUT2D eigenvalue weighted by molar-refractivity contribution is 5.55. The van der Waals surface area contributed by atoms with E-state index >= 15 is 0 Å². The highest BCUT2D eigenvalue weighted by atomic mass is 16.5. The number of methoxy groups -OCH3 is 1. The largest absolute Gasteiger partial charge is 0.508 e. The number of hydrogen-bond acceptors (Lipinski definition) is 5. The van der Waals surface area contributed by atoms with Crippen LogP contribution in [0.2, 0.25) is 0 Å². The molecule has 1 unspecified atom stereocenters. The lowest BCUT2D eigenvalue weighted by Gasteiger charge is -2.05. The fraction of sp³-hybridized carbons (Fsp3) is 0.333. The molecule has 0 aliphatic carbocycles. The van der Waals surface area contributed by atoms with Crippen molar-refractivity contribution in [3.8, 4) is 17.2 Å². The van der Waals surface area contributed by atoms with Crippen LogP contribution in [0.5, 0.6) is 5.75 Å². The van der Waals surface area contributed by atoms with Crippen molar-refractivity contribution >= 4 is 0 Å². The van der Waals surface area contributed by atoms with Gasteiger partial charge in [-0.2, -0.15) is 4.98 Å². The molecular weight excluding hydrogens is 220 g/mol. The summed E-state index contributed by atoms with van der Waals surface area (Å²) in [6.45, 7) is 1.98. The molecule has 1 heterocycles. The van der Waals surface area contributed by atoms with E-state index in [-0.39, 0.29) is 11.9 Å². The van der Waals surface area contributed by atoms with Gasteiger partial charge in [0.15, 0.2) is 0 Å². The minimum atomic E-state index is -0.162. The van der Waals surface area contributed by atoms with Crippen molar-refractivity contribution in [2.75, 3.05) is 7.11 Å². The number of rotatable bonds is 4. The van der Waals surface area contributed by atoms with Crippen LogP contribution >= 0.6 is 0 Å². The van der Waals surface area contributed by atoms with Crippen molar-refractivity contribution in [1.82, 2.24) is 10.1 Å². The minimum Gasteiger partial charge on any atom is -0.508 e. The van der Waals surface area contributed by atoms with E-state index in [4.69, 9.17) is 9.26 Å². The van der Waals surface area contributed by atoms with E-state index in [1.54, 1.807) is 31.4 Å². The molecule has 0 radical (unpaired) electrons. The molecule has 0 amide bonds. The predicted octanol–water partition coefficient (Wildman–Crippen LogP) is 2.54. The zero-order valence-corrected chi connectivity index (χ0v) is 9.75. The van der Waals surface area contributed by atoms with Crippen molar-refractivity contribution in [1.29, 1.82) is 0 Å². The Bertz CT molecular complexity index is 492. The summed E-state index contributed by atoms with van der Waals surface area (Å²) in [5.41, 5.74) is 0.690. The van der Waals surface area contributed by atoms with E-state index in [9.17, 15) is 5.11 Å². The molecule has 0 saturated heterocycles. The van der Waals surface area contributed by atoms with E-state index in [0.29, 0.717) is 17.3 Å². The van der Waals surface area contributed by atoms with Gasteiger partial charge in [-0.3, -0.25) is 0 Å². The molecule has 0 aliphatic heterocycles. The Morgan fingerprint density at radius 2 is 2.29 bits per heavy atom. The van der Waals surface area contributed by atoms with Crippen LogP contribution in [0.1, 0.15) is 25.3 Å². The average Bonchev–Trinajstić information content (AvgIpc) is 2.80. The summed E-state index contributed by atoms with van der Waals surface area (Å²) < 4.78 is 10.4. The first-order chi connectivity index (χ1) is 8.24. The predicted molar refractivity (Wildman–Crippen MR) is 61.4 cm³/mol. The fourth-order valence-corrected chi connectivity index (χ4v) is 1.58. The Labute approximate surface area is 99.0 Å². The summed E-state index contributed by atoms with van der Waals surface area (Å²) in [6.07, 6.45) is 0.611. The number of nitrogens with zero attached hydrogens (tertiary/aromatic N) is 2. The van der Waals surface area contributed by atoms with Crippen LogP contribution in [-0.4, -0.2) is 22.4 Å². The quantitative estimate of drug-likeness (QED) is 0.880. The lowest BCUT2D eigenvalue weighted by molar-refractivity contribution is 0.0903. The van der Waals surface area contributed by atoms with Gasteiger partial charge in [0.1, 0.15) is 11.9 Å². The van der Waals surface area contributed by atoms with Crippen molar-refractivity contribution in [3.63, 3.8) is 0 Å². The SMILES string of the molecule is CCC(OC)c1noc(-c2cccc(O)c2)n1. The summed E-state index contributed by atoms with van der Waals surface area (Å²) in [5, 5.41) is 13.2. The van der Waals surface area contributed by atoms with Gasteiger partial charge in [-0.25, -0.2) is 0 Å². The lowest BCUT2D eigenvalue weighted by atomic mass is 10.2. The molecule has 0 fully saturated rings. The lowest BCUT2D eigenvalue weighted by Crippen LogP contribution is -2.01. The summed E-state index contributed by atoms with van der Waals surface area (Å²) >= 11 is 0. The number of benzene rings is 1. The van der Waals surface area contributed by atoms with Gasteiger partial charge >= 0.3 is 0 Å². The number of aromatic nitrogens is 2. The zero-order valence-electron chi connectivity index (χ0n) is 9.75. The third-order valence-electron chi connectivity index (χ3n) is 2.48. The molecule has 2 aromatic rings. The number of aromatic hydroxyl groups is 1. The molecule has 0 aliphatic rings. The molecule has 5 nitrogen and oxygen atoms in total. The Hall–Kier alpha value is -1.88. The maximum Gasteiger partial charge on any atom is 0.258 e. The van der Waals surface area contributed by atoms with Gasteiger partial charge < -0.3 is 14.4 Å². The molecule has 0 saturated carbocycles. The highest BCUT2D eigenvalue weighted by Crippen LogP contribution is 2.24. The molecule has 0 spiro atoms. The maximum atomic E-state index is 9.37. The second kappa shape index (κ2) is 4.97. The van der Waals surface area contributed by atoms with Crippen molar-refractivity contribution in [2.24, 2.45) is 0 Å². The Morgan fingerprint density at radius 3 is 2.94 bits per heavy atom. The summed E-state index contributed by atoms with van der Waals surface area (Å²) in [5.74, 6) is 1.07. The Kier molecular flexibility index (Phi) is 3.39. The first-order valence-electron chi connectivity index (χ1n) is 5.40. The van der Waals surface area contributed by atoms with E-state index in [1.807, 2.05) is 6.92 Å². The molecule has 0 bridgehead atoms. The van der Waals surface area contributed by atoms with Crippen LogP contribution in [0.3, 0.4) is 0 Å². The fourth-order valence-electron chi connectivity index (χ4n) is 1.58. The number of phenols is 1. The van der Waals surface area contributed by atoms with Gasteiger partial charge in [-0.1, -0.05) is 18.1 Å². The zero-order chi connectivity index (χ0) is 12.3. The van der Waals surface area contributed by atoms with Crippen molar-refractivity contribution in [3.05, 3.63) is 30.1 Å². The Morgan fingerprint density at radius 1 is 1.47 bits per heavy atom. The number of ether oxygens (including phenoxy) is 1. The summed E-state index contributed by atoms with van der Waals surface area (Å²) in [6, 6.07) is 6.68. The first-order valence-corrected chi connectivity index (χ1v) is 5.40. The van der Waals surface area contributed by atoms with Crippen molar-refractivity contribution in [2.45, 2.75) is 19.4 Å². The molecule has 1 aromatic heterocycles. The van der Waals surface area contributed by atoms with Gasteiger partial charge in [0, 0.05) is 12.7 Å². The molecule has 17 heavy (non-hydrogen) atoms. The van der Waals surface area contributed by atoms with Crippen molar-refractivity contribution < 1.29 is 14.4 Å². The highest BCUT2D eigenvalue weighted by Gasteiger charge is 2.16. The minimum absolute atomic E-state index is 0.162. The van der Waals surface area contributed by atoms with Gasteiger partial charge in [0.2, 0.25) is 5.82 Å². The monoisotopic (exact) mass is 234 g/mol. The normalized spacial score (nSPS) is 12.6. The molecule has 5 heteroatoms.